The minimum Gasteiger partial charge on any atom is -0.478 e. The lowest BCUT2D eigenvalue weighted by molar-refractivity contribution is 0.0697. The Morgan fingerprint density at radius 1 is 1.06 bits per heavy atom. The fourth-order valence-corrected chi connectivity index (χ4v) is 4.75. The van der Waals surface area contributed by atoms with Crippen molar-refractivity contribution in [3.63, 3.8) is 0 Å². The number of benzene rings is 2. The first kappa shape index (κ1) is 24.2. The molecular formula is C28H29N3O4. The summed E-state index contributed by atoms with van der Waals surface area (Å²) in [4.78, 5) is 37.6. The van der Waals surface area contributed by atoms with Crippen molar-refractivity contribution in [3.05, 3.63) is 76.0 Å². The van der Waals surface area contributed by atoms with E-state index in [-0.39, 0.29) is 18.0 Å². The zero-order valence-corrected chi connectivity index (χ0v) is 19.7. The monoisotopic (exact) mass is 471 g/mol. The molecule has 1 aromatic heterocycles. The number of hydrogen-bond donors (Lipinski definition) is 1. The third-order valence-electron chi connectivity index (χ3n) is 6.62. The Balaban J connectivity index is 1.58. The van der Waals surface area contributed by atoms with Gasteiger partial charge in [-0.1, -0.05) is 61.7 Å². The molecule has 0 atom stereocenters. The number of carbonyl (C=O) groups excluding carboxylic acids is 1. The summed E-state index contributed by atoms with van der Waals surface area (Å²) < 4.78 is 2.52. The number of nitrogens with zero attached hydrogens (tertiary/aromatic N) is 3. The lowest BCUT2D eigenvalue weighted by Crippen LogP contribution is -2.31. The number of hydrogen-bond acceptors (Lipinski definition) is 4. The van der Waals surface area contributed by atoms with Crippen LogP contribution in [-0.2, 0) is 13.0 Å². The van der Waals surface area contributed by atoms with Crippen LogP contribution in [0.15, 0.2) is 53.3 Å². The Bertz CT molecular complexity index is 1310. The number of aryl methyl sites for hydroxylation is 1. The van der Waals surface area contributed by atoms with Crippen LogP contribution < -0.4 is 5.69 Å². The first-order valence-electron chi connectivity index (χ1n) is 12.0. The van der Waals surface area contributed by atoms with Crippen molar-refractivity contribution >= 4 is 11.9 Å². The molecule has 1 heterocycles. The van der Waals surface area contributed by atoms with Crippen LogP contribution in [0.3, 0.4) is 0 Å². The number of aromatic carboxylic acids is 1. The van der Waals surface area contributed by atoms with Gasteiger partial charge in [-0.3, -0.25) is 9.36 Å². The smallest absolute Gasteiger partial charge is 0.353 e. The van der Waals surface area contributed by atoms with E-state index in [0.717, 1.165) is 41.5 Å². The third kappa shape index (κ3) is 5.60. The average Bonchev–Trinajstić information content (AvgIpc) is 3.18. The molecule has 0 saturated heterocycles. The van der Waals surface area contributed by atoms with Gasteiger partial charge < -0.3 is 5.11 Å². The molecule has 2 aromatic carbocycles. The molecule has 1 aliphatic rings. The minimum absolute atomic E-state index is 0.228. The highest BCUT2D eigenvalue weighted by atomic mass is 16.4. The molecule has 1 N–H and O–H groups in total. The molecule has 0 radical (unpaired) electrons. The van der Waals surface area contributed by atoms with E-state index in [9.17, 15) is 19.5 Å². The van der Waals surface area contributed by atoms with E-state index < -0.39 is 11.7 Å². The Morgan fingerprint density at radius 2 is 1.77 bits per heavy atom. The van der Waals surface area contributed by atoms with Gasteiger partial charge in [-0.15, -0.1) is 22.1 Å². The zero-order valence-electron chi connectivity index (χ0n) is 19.7. The molecule has 7 heteroatoms. The second kappa shape index (κ2) is 11.0. The summed E-state index contributed by atoms with van der Waals surface area (Å²) in [5.41, 5.74) is 2.01. The predicted octanol–water partition coefficient (Wildman–Crippen LogP) is 4.63. The molecule has 0 unspecified atom stereocenters. The minimum atomic E-state index is -0.986. The molecular weight excluding hydrogens is 442 g/mol. The third-order valence-corrected chi connectivity index (χ3v) is 6.62. The molecule has 1 saturated carbocycles. The molecule has 0 amide bonds. The largest absolute Gasteiger partial charge is 0.478 e. The number of rotatable bonds is 8. The highest BCUT2D eigenvalue weighted by Crippen LogP contribution is 2.27. The normalized spacial score (nSPS) is 13.9. The summed E-state index contributed by atoms with van der Waals surface area (Å²) >= 11 is 0. The Morgan fingerprint density at radius 3 is 2.46 bits per heavy atom. The summed E-state index contributed by atoms with van der Waals surface area (Å²) in [6.07, 6.45) is 12.1. The van der Waals surface area contributed by atoms with Gasteiger partial charge in [0.05, 0.1) is 12.1 Å². The molecule has 1 fully saturated rings. The van der Waals surface area contributed by atoms with E-state index in [2.05, 4.69) is 11.0 Å². The van der Waals surface area contributed by atoms with Crippen LogP contribution >= 0.6 is 0 Å². The molecule has 3 aromatic rings. The Labute approximate surface area is 204 Å². The van der Waals surface area contributed by atoms with Crippen molar-refractivity contribution in [2.75, 3.05) is 0 Å². The fourth-order valence-electron chi connectivity index (χ4n) is 4.75. The van der Waals surface area contributed by atoms with Gasteiger partial charge in [0, 0.05) is 19.3 Å². The first-order valence-corrected chi connectivity index (χ1v) is 12.0. The summed E-state index contributed by atoms with van der Waals surface area (Å²) in [5, 5.41) is 13.8. The maximum atomic E-state index is 13.2. The van der Waals surface area contributed by atoms with E-state index >= 15 is 0 Å². The number of carbonyl (C=O) groups is 2. The number of terminal acetylenes is 1. The van der Waals surface area contributed by atoms with Crippen LogP contribution in [0.1, 0.15) is 71.5 Å². The molecule has 0 spiro atoms. The van der Waals surface area contributed by atoms with Gasteiger partial charge >= 0.3 is 11.7 Å². The molecule has 35 heavy (non-hydrogen) atoms. The maximum Gasteiger partial charge on any atom is 0.353 e. The van der Waals surface area contributed by atoms with Crippen LogP contribution in [0.4, 0.5) is 0 Å². The highest BCUT2D eigenvalue weighted by Gasteiger charge is 2.23. The predicted molar refractivity (Wildman–Crippen MR) is 133 cm³/mol. The molecule has 0 aliphatic heterocycles. The number of carboxylic acid groups (broad SMARTS) is 1. The van der Waals surface area contributed by atoms with E-state index in [1.54, 1.807) is 24.3 Å². The molecule has 180 valence electrons. The summed E-state index contributed by atoms with van der Waals surface area (Å²) in [6.45, 7) is 0.246. The van der Waals surface area contributed by atoms with Gasteiger partial charge in [0.2, 0.25) is 0 Å². The number of aromatic nitrogens is 3. The second-order valence-electron chi connectivity index (χ2n) is 9.05. The van der Waals surface area contributed by atoms with Crippen LogP contribution in [0.5, 0.6) is 0 Å². The molecule has 0 bridgehead atoms. The highest BCUT2D eigenvalue weighted by molar-refractivity contribution is 5.96. The Kier molecular flexibility index (Phi) is 7.61. The van der Waals surface area contributed by atoms with Gasteiger partial charge in [-0.05, 0) is 41.5 Å². The van der Waals surface area contributed by atoms with Gasteiger partial charge in [-0.2, -0.15) is 0 Å². The molecule has 7 nitrogen and oxygen atoms in total. The average molecular weight is 472 g/mol. The van der Waals surface area contributed by atoms with Crippen LogP contribution in [-0.4, -0.2) is 31.3 Å². The van der Waals surface area contributed by atoms with E-state index in [1.807, 2.05) is 24.3 Å². The summed E-state index contributed by atoms with van der Waals surface area (Å²) in [7, 11) is 0. The number of carboxylic acids is 1. The van der Waals surface area contributed by atoms with Crippen molar-refractivity contribution in [1.29, 1.82) is 0 Å². The summed E-state index contributed by atoms with van der Waals surface area (Å²) in [6, 6.07) is 14.2. The van der Waals surface area contributed by atoms with Crippen LogP contribution in [0.25, 0.3) is 11.1 Å². The lowest BCUT2D eigenvalue weighted by atomic mass is 9.87. The summed E-state index contributed by atoms with van der Waals surface area (Å²) in [5.74, 6) is 2.13. The second-order valence-corrected chi connectivity index (χ2v) is 9.05. The van der Waals surface area contributed by atoms with E-state index in [4.69, 9.17) is 6.42 Å². The maximum absolute atomic E-state index is 13.2. The molecule has 4 rings (SSSR count). The van der Waals surface area contributed by atoms with E-state index in [0.29, 0.717) is 36.6 Å². The first-order chi connectivity index (χ1) is 17.0. The fraction of sp³-hybridized carbons (Fsp3) is 0.357. The molecule has 1 aliphatic carbocycles. The Hall–Kier alpha value is -3.92. The quantitative estimate of drug-likeness (QED) is 0.483. The van der Waals surface area contributed by atoms with Gasteiger partial charge in [0.1, 0.15) is 5.82 Å². The standard InChI is InChI=1S/C28H29N3O4/c1-2-3-13-25-29-31(26(32)18-20-9-5-4-6-10-20)28(35)30(25)19-21-14-16-22(17-15-21)23-11-7-8-12-24(23)27(33)34/h1,7-8,11-12,14-17,20H,3-6,9-10,13,18-19H2,(H,33,34). The van der Waals surface area contributed by atoms with Crippen molar-refractivity contribution in [2.45, 2.75) is 57.9 Å². The van der Waals surface area contributed by atoms with E-state index in [1.165, 1.54) is 11.0 Å². The zero-order chi connectivity index (χ0) is 24.8. The van der Waals surface area contributed by atoms with Crippen LogP contribution in [0, 0.1) is 18.3 Å². The topological polar surface area (TPSA) is 94.2 Å². The van der Waals surface area contributed by atoms with Crippen molar-refractivity contribution in [1.82, 2.24) is 14.3 Å². The van der Waals surface area contributed by atoms with Crippen LogP contribution in [0.2, 0.25) is 0 Å². The van der Waals surface area contributed by atoms with Crippen molar-refractivity contribution in [2.24, 2.45) is 5.92 Å². The van der Waals surface area contributed by atoms with Gasteiger partial charge in [0.25, 0.3) is 5.91 Å². The van der Waals surface area contributed by atoms with Gasteiger partial charge in [0.15, 0.2) is 0 Å². The van der Waals surface area contributed by atoms with Gasteiger partial charge in [-0.25, -0.2) is 9.59 Å². The SMILES string of the molecule is C#CCCc1nn(C(=O)CC2CCCCC2)c(=O)n1Cc1ccc(-c2ccccc2C(=O)O)cc1. The van der Waals surface area contributed by atoms with Crippen molar-refractivity contribution < 1.29 is 14.7 Å². The lowest BCUT2D eigenvalue weighted by Gasteiger charge is -2.20. The van der Waals surface area contributed by atoms with Crippen molar-refractivity contribution in [3.8, 4) is 23.5 Å².